The molecule has 0 aromatic heterocycles. The van der Waals surface area contributed by atoms with E-state index in [-0.39, 0.29) is 0 Å². The van der Waals surface area contributed by atoms with Gasteiger partial charge in [-0.05, 0) is 0 Å². The lowest BCUT2D eigenvalue weighted by atomic mass is 10.3. The highest BCUT2D eigenvalue weighted by Gasteiger charge is 2.27. The Morgan fingerprint density at radius 1 is 1.45 bits per heavy atom. The Kier molecular flexibility index (Phi) is 3.30. The van der Waals surface area contributed by atoms with Crippen molar-refractivity contribution >= 4 is 10.2 Å². The monoisotopic (exact) mass is 189 g/mol. The molecule has 0 saturated heterocycles. The molecule has 0 aliphatic carbocycles. The maximum Gasteiger partial charge on any atom is 0.274 e. The van der Waals surface area contributed by atoms with Crippen LogP contribution in [0.25, 0.3) is 0 Å². The second-order valence-corrected chi connectivity index (χ2v) is 3.30. The summed E-state index contributed by atoms with van der Waals surface area (Å²) in [6.45, 7) is -1.99. The largest absolute Gasteiger partial charge is 0.325 e. The summed E-state index contributed by atoms with van der Waals surface area (Å²) in [5.41, 5.74) is 4.61. The quantitative estimate of drug-likeness (QED) is 0.495. The first kappa shape index (κ1) is 10.7. The van der Waals surface area contributed by atoms with Crippen LogP contribution < -0.4 is 15.6 Å². The van der Waals surface area contributed by atoms with Gasteiger partial charge in [0, 0.05) is 0 Å². The standard InChI is InChI=1S/C3H9F2N3O2S/c4-3(5,1-6)2-8-11(7,9)10/h8H,1-2,6H2,(H2,7,9,10). The maximum atomic E-state index is 12.2. The van der Waals surface area contributed by atoms with Gasteiger partial charge in [0.15, 0.2) is 0 Å². The van der Waals surface area contributed by atoms with Crippen LogP contribution in [0.3, 0.4) is 0 Å². The molecule has 0 atom stereocenters. The number of hydrogen-bond acceptors (Lipinski definition) is 3. The Bertz CT molecular complexity index is 215. The van der Waals surface area contributed by atoms with Gasteiger partial charge in [-0.1, -0.05) is 0 Å². The molecule has 0 fully saturated rings. The molecule has 11 heavy (non-hydrogen) atoms. The first-order valence-corrected chi connectivity index (χ1v) is 4.17. The number of nitrogens with one attached hydrogen (secondary N) is 1. The van der Waals surface area contributed by atoms with Crippen molar-refractivity contribution in [3.63, 3.8) is 0 Å². The predicted octanol–water partition coefficient (Wildman–Crippen LogP) is -1.63. The Labute approximate surface area is 62.9 Å². The van der Waals surface area contributed by atoms with Crippen LogP contribution in [-0.2, 0) is 10.2 Å². The molecule has 68 valence electrons. The van der Waals surface area contributed by atoms with Gasteiger partial charge in [0.1, 0.15) is 0 Å². The zero-order valence-electron chi connectivity index (χ0n) is 5.55. The lowest BCUT2D eigenvalue weighted by Gasteiger charge is -2.12. The molecule has 5 N–H and O–H groups in total. The van der Waals surface area contributed by atoms with Gasteiger partial charge in [0.2, 0.25) is 0 Å². The van der Waals surface area contributed by atoms with E-state index in [0.29, 0.717) is 0 Å². The summed E-state index contributed by atoms with van der Waals surface area (Å²) < 4.78 is 46.0. The molecule has 5 nitrogen and oxygen atoms in total. The van der Waals surface area contributed by atoms with Crippen molar-refractivity contribution in [2.45, 2.75) is 5.92 Å². The summed E-state index contributed by atoms with van der Waals surface area (Å²) in [5.74, 6) is -3.24. The summed E-state index contributed by atoms with van der Waals surface area (Å²) >= 11 is 0. The SMILES string of the molecule is NCC(F)(F)CNS(N)(=O)=O. The molecule has 0 aliphatic rings. The van der Waals surface area contributed by atoms with Crippen molar-refractivity contribution in [1.82, 2.24) is 4.72 Å². The summed E-state index contributed by atoms with van der Waals surface area (Å²) in [6.07, 6.45) is 0. The van der Waals surface area contributed by atoms with Gasteiger partial charge < -0.3 is 5.73 Å². The molecule has 8 heteroatoms. The van der Waals surface area contributed by atoms with E-state index >= 15 is 0 Å². The van der Waals surface area contributed by atoms with E-state index in [1.165, 1.54) is 4.72 Å². The summed E-state index contributed by atoms with van der Waals surface area (Å²) in [4.78, 5) is 0. The Balaban J connectivity index is 3.90. The second-order valence-electron chi connectivity index (χ2n) is 1.93. The molecule has 0 rings (SSSR count). The third-order valence-electron chi connectivity index (χ3n) is 0.831. The predicted molar refractivity (Wildman–Crippen MR) is 35.1 cm³/mol. The number of alkyl halides is 2. The molecule has 0 spiro atoms. The van der Waals surface area contributed by atoms with E-state index in [0.717, 1.165) is 0 Å². The van der Waals surface area contributed by atoms with Gasteiger partial charge in [-0.3, -0.25) is 0 Å². The number of halogens is 2. The van der Waals surface area contributed by atoms with Gasteiger partial charge in [0.05, 0.1) is 13.1 Å². The maximum absolute atomic E-state index is 12.2. The van der Waals surface area contributed by atoms with Crippen LogP contribution in [0.1, 0.15) is 0 Å². The molecule has 0 amide bonds. The highest BCUT2D eigenvalue weighted by molar-refractivity contribution is 7.87. The lowest BCUT2D eigenvalue weighted by Crippen LogP contribution is -2.43. The first-order valence-electron chi connectivity index (χ1n) is 2.62. The number of hydrogen-bond donors (Lipinski definition) is 3. The molecule has 0 bridgehead atoms. The van der Waals surface area contributed by atoms with Crippen molar-refractivity contribution in [2.24, 2.45) is 10.9 Å². The Hall–Kier alpha value is -0.310. The van der Waals surface area contributed by atoms with Crippen molar-refractivity contribution in [1.29, 1.82) is 0 Å². The second kappa shape index (κ2) is 3.39. The smallest absolute Gasteiger partial charge is 0.274 e. The minimum atomic E-state index is -4.05. The Morgan fingerprint density at radius 3 is 2.18 bits per heavy atom. The van der Waals surface area contributed by atoms with Crippen LogP contribution in [0.4, 0.5) is 8.78 Å². The average Bonchev–Trinajstić information content (AvgIpc) is 1.83. The van der Waals surface area contributed by atoms with Crippen LogP contribution in [0.15, 0.2) is 0 Å². The average molecular weight is 189 g/mol. The van der Waals surface area contributed by atoms with Crippen molar-refractivity contribution in [3.05, 3.63) is 0 Å². The van der Waals surface area contributed by atoms with Gasteiger partial charge >= 0.3 is 0 Å². The van der Waals surface area contributed by atoms with Crippen molar-refractivity contribution < 1.29 is 17.2 Å². The Morgan fingerprint density at radius 2 is 1.91 bits per heavy atom. The van der Waals surface area contributed by atoms with Crippen molar-refractivity contribution in [3.8, 4) is 0 Å². The van der Waals surface area contributed by atoms with E-state index in [2.05, 4.69) is 10.9 Å². The summed E-state index contributed by atoms with van der Waals surface area (Å²) in [5, 5.41) is 4.38. The van der Waals surface area contributed by atoms with Crippen LogP contribution >= 0.6 is 0 Å². The highest BCUT2D eigenvalue weighted by Crippen LogP contribution is 2.08. The van der Waals surface area contributed by atoms with Gasteiger partial charge in [-0.25, -0.2) is 13.9 Å². The lowest BCUT2D eigenvalue weighted by molar-refractivity contribution is 0.0170. The number of rotatable bonds is 4. The van der Waals surface area contributed by atoms with Crippen molar-refractivity contribution in [2.75, 3.05) is 13.1 Å². The van der Waals surface area contributed by atoms with Crippen LogP contribution in [-0.4, -0.2) is 27.4 Å². The first-order chi connectivity index (χ1) is 4.77. The molecule has 0 aromatic rings. The molecule has 0 aromatic carbocycles. The van der Waals surface area contributed by atoms with E-state index in [4.69, 9.17) is 0 Å². The highest BCUT2D eigenvalue weighted by atomic mass is 32.2. The van der Waals surface area contributed by atoms with Gasteiger partial charge in [0.25, 0.3) is 16.1 Å². The molecule has 0 heterocycles. The van der Waals surface area contributed by atoms with Crippen LogP contribution in [0.2, 0.25) is 0 Å². The zero-order valence-corrected chi connectivity index (χ0v) is 6.37. The normalized spacial score (nSPS) is 13.5. The fraction of sp³-hybridized carbons (Fsp3) is 1.00. The fourth-order valence-electron chi connectivity index (χ4n) is 0.278. The minimum absolute atomic E-state index is 0.921. The zero-order chi connectivity index (χ0) is 9.12. The third-order valence-corrected chi connectivity index (χ3v) is 1.38. The molecule has 0 saturated carbocycles. The molecular formula is C3H9F2N3O2S. The third kappa shape index (κ3) is 6.10. The van der Waals surface area contributed by atoms with E-state index in [1.807, 2.05) is 0 Å². The van der Waals surface area contributed by atoms with Crippen LogP contribution in [0.5, 0.6) is 0 Å². The number of nitrogens with two attached hydrogens (primary N) is 2. The molecule has 0 radical (unpaired) electrons. The molecular weight excluding hydrogens is 180 g/mol. The van der Waals surface area contributed by atoms with E-state index in [1.54, 1.807) is 0 Å². The van der Waals surface area contributed by atoms with Crippen LogP contribution in [0, 0.1) is 0 Å². The van der Waals surface area contributed by atoms with E-state index in [9.17, 15) is 17.2 Å². The molecule has 0 aliphatic heterocycles. The van der Waals surface area contributed by atoms with Gasteiger partial charge in [-0.15, -0.1) is 0 Å². The molecule has 0 unspecified atom stereocenters. The van der Waals surface area contributed by atoms with Gasteiger partial charge in [-0.2, -0.15) is 13.1 Å². The topological polar surface area (TPSA) is 98.2 Å². The summed E-state index contributed by atoms with van der Waals surface area (Å²) in [7, 11) is -4.05. The van der Waals surface area contributed by atoms with E-state index < -0.39 is 29.2 Å². The summed E-state index contributed by atoms with van der Waals surface area (Å²) in [6, 6.07) is 0. The fourth-order valence-corrected chi connectivity index (χ4v) is 0.691. The minimum Gasteiger partial charge on any atom is -0.325 e.